The highest BCUT2D eigenvalue weighted by molar-refractivity contribution is 6.05. The molecule has 9 heteroatoms. The number of nitrogens with zero attached hydrogens (tertiary/aromatic N) is 1. The maximum absolute atomic E-state index is 13.1. The molecule has 0 saturated carbocycles. The lowest BCUT2D eigenvalue weighted by Crippen LogP contribution is -2.49. The molecule has 1 fully saturated rings. The summed E-state index contributed by atoms with van der Waals surface area (Å²) in [5.74, 6) is -0.00158. The second-order valence-electron chi connectivity index (χ2n) is 9.68. The molecular weight excluding hydrogens is 448 g/mol. The minimum atomic E-state index is -0.718. The Balaban J connectivity index is 1.54. The topological polar surface area (TPSA) is 113 Å². The Morgan fingerprint density at radius 2 is 2.09 bits per heavy atom. The van der Waals surface area contributed by atoms with E-state index in [2.05, 4.69) is 10.6 Å². The normalized spacial score (nSPS) is 20.3. The van der Waals surface area contributed by atoms with Crippen LogP contribution in [0.5, 0.6) is 5.75 Å². The monoisotopic (exact) mass is 484 g/mol. The minimum Gasteiger partial charge on any atom is -0.459 e. The van der Waals surface area contributed by atoms with Crippen LogP contribution in [0.1, 0.15) is 39.7 Å². The molecule has 0 aromatic heterocycles. The highest BCUT2D eigenvalue weighted by Gasteiger charge is 2.35. The summed E-state index contributed by atoms with van der Waals surface area (Å²) in [4.78, 5) is 27.3. The second kappa shape index (κ2) is 11.5. The molecule has 1 aromatic rings. The molecule has 0 unspecified atom stereocenters. The van der Waals surface area contributed by atoms with Crippen molar-refractivity contribution in [2.45, 2.75) is 59.0 Å². The zero-order valence-corrected chi connectivity index (χ0v) is 21.1. The third kappa shape index (κ3) is 7.66. The van der Waals surface area contributed by atoms with Crippen molar-refractivity contribution in [3.63, 3.8) is 0 Å². The average molecular weight is 485 g/mol. The van der Waals surface area contributed by atoms with Gasteiger partial charge >= 0.3 is 0 Å². The molecule has 2 aliphatic rings. The number of nitrogens with one attached hydrogen (secondary N) is 3. The quantitative estimate of drug-likeness (QED) is 0.348. The summed E-state index contributed by atoms with van der Waals surface area (Å²) in [6, 6.07) is 6.85. The van der Waals surface area contributed by atoms with Gasteiger partial charge < -0.3 is 29.7 Å². The van der Waals surface area contributed by atoms with Gasteiger partial charge in [-0.15, -0.1) is 0 Å². The lowest BCUT2D eigenvalue weighted by Gasteiger charge is -2.28. The van der Waals surface area contributed by atoms with Crippen molar-refractivity contribution in [3.8, 4) is 5.75 Å². The molecule has 0 radical (unpaired) electrons. The van der Waals surface area contributed by atoms with Gasteiger partial charge in [0, 0.05) is 18.8 Å². The maximum Gasteiger partial charge on any atom is 0.251 e. The molecule has 0 spiro atoms. The largest absolute Gasteiger partial charge is 0.459 e. The molecule has 2 amide bonds. The first kappa shape index (κ1) is 26.4. The van der Waals surface area contributed by atoms with Crippen LogP contribution in [0.2, 0.25) is 0 Å². The van der Waals surface area contributed by atoms with Gasteiger partial charge in [0.05, 0.1) is 13.2 Å². The number of amidine groups is 1. The van der Waals surface area contributed by atoms with Crippen molar-refractivity contribution in [2.24, 2.45) is 5.92 Å². The third-order valence-corrected chi connectivity index (χ3v) is 5.64. The molecule has 0 bridgehead atoms. The fourth-order valence-corrected chi connectivity index (χ4v) is 3.94. The molecule has 0 aliphatic carbocycles. The molecule has 35 heavy (non-hydrogen) atoms. The fraction of sp³-hybridized carbons (Fsp3) is 0.500. The SMILES string of the molecule is Cc1ccccc1OC1=CC(=O)N([C@@H](CC(C)C)C(=O)NC(=N)/C=C\NC[C@@H]2COC(C)(C)O2)C1. The van der Waals surface area contributed by atoms with E-state index in [1.807, 2.05) is 58.9 Å². The zero-order valence-electron chi connectivity index (χ0n) is 21.1. The van der Waals surface area contributed by atoms with E-state index in [0.717, 1.165) is 5.56 Å². The number of carbonyl (C=O) groups excluding carboxylic acids is 2. The molecule has 9 nitrogen and oxygen atoms in total. The smallest absolute Gasteiger partial charge is 0.251 e. The molecule has 2 heterocycles. The Hall–Kier alpha value is -3.17. The van der Waals surface area contributed by atoms with Crippen LogP contribution in [-0.4, -0.2) is 60.2 Å². The van der Waals surface area contributed by atoms with Gasteiger partial charge in [0.25, 0.3) is 5.91 Å². The van der Waals surface area contributed by atoms with E-state index in [1.165, 1.54) is 17.1 Å². The molecule has 1 saturated heterocycles. The highest BCUT2D eigenvalue weighted by Crippen LogP contribution is 2.25. The molecule has 3 N–H and O–H groups in total. The summed E-state index contributed by atoms with van der Waals surface area (Å²) in [5, 5.41) is 13.8. The van der Waals surface area contributed by atoms with Crippen LogP contribution in [0.4, 0.5) is 0 Å². The summed E-state index contributed by atoms with van der Waals surface area (Å²) in [5.41, 5.74) is 0.959. The van der Waals surface area contributed by atoms with Gasteiger partial charge in [-0.25, -0.2) is 0 Å². The fourth-order valence-electron chi connectivity index (χ4n) is 3.94. The number of benzene rings is 1. The van der Waals surface area contributed by atoms with E-state index in [4.69, 9.17) is 19.6 Å². The van der Waals surface area contributed by atoms with Crippen LogP contribution in [0.15, 0.2) is 48.4 Å². The van der Waals surface area contributed by atoms with Crippen LogP contribution in [0.3, 0.4) is 0 Å². The van der Waals surface area contributed by atoms with E-state index < -0.39 is 17.7 Å². The first-order chi connectivity index (χ1) is 16.5. The van der Waals surface area contributed by atoms with Gasteiger partial charge in [0.15, 0.2) is 5.79 Å². The van der Waals surface area contributed by atoms with E-state index in [0.29, 0.717) is 31.1 Å². The second-order valence-corrected chi connectivity index (χ2v) is 9.68. The number of aryl methyl sites for hydroxylation is 1. The third-order valence-electron chi connectivity index (χ3n) is 5.64. The van der Waals surface area contributed by atoms with Gasteiger partial charge in [-0.2, -0.15) is 0 Å². The predicted octanol–water partition coefficient (Wildman–Crippen LogP) is 2.86. The number of hydrogen-bond donors (Lipinski definition) is 3. The summed E-state index contributed by atoms with van der Waals surface area (Å²) in [6.45, 7) is 10.8. The summed E-state index contributed by atoms with van der Waals surface area (Å²) < 4.78 is 17.2. The van der Waals surface area contributed by atoms with Crippen molar-refractivity contribution in [1.29, 1.82) is 5.41 Å². The van der Waals surface area contributed by atoms with Gasteiger partial charge in [-0.05, 0) is 50.8 Å². The lowest BCUT2D eigenvalue weighted by atomic mass is 10.0. The van der Waals surface area contributed by atoms with Crippen LogP contribution in [0.25, 0.3) is 0 Å². The minimum absolute atomic E-state index is 0.0730. The van der Waals surface area contributed by atoms with E-state index in [-0.39, 0.29) is 30.3 Å². The molecule has 2 atom stereocenters. The van der Waals surface area contributed by atoms with Gasteiger partial charge in [0.1, 0.15) is 29.5 Å². The molecule has 2 aliphatic heterocycles. The Morgan fingerprint density at radius 1 is 1.34 bits per heavy atom. The van der Waals surface area contributed by atoms with Crippen molar-refractivity contribution in [3.05, 3.63) is 53.9 Å². The Labute approximate surface area is 207 Å². The number of carbonyl (C=O) groups is 2. The standard InChI is InChI=1S/C26H36N4O5/c1-17(2)12-21(30-15-19(13-24(30)31)34-22-9-7-6-8-18(22)3)25(32)29-23(27)10-11-28-14-20-16-33-26(4,5)35-20/h6-11,13,17,20-21,28H,12,14-16H2,1-5H3,(H2,27,29,32)/b11-10-/t20-,21+/m1/s1. The zero-order chi connectivity index (χ0) is 25.6. The lowest BCUT2D eigenvalue weighted by molar-refractivity contribution is -0.137. The van der Waals surface area contributed by atoms with Crippen LogP contribution in [-0.2, 0) is 19.1 Å². The summed E-state index contributed by atoms with van der Waals surface area (Å²) in [6.07, 6.45) is 4.86. The first-order valence-electron chi connectivity index (χ1n) is 11.9. The highest BCUT2D eigenvalue weighted by atomic mass is 16.7. The van der Waals surface area contributed by atoms with E-state index in [9.17, 15) is 9.59 Å². The average Bonchev–Trinajstić information content (AvgIpc) is 3.31. The first-order valence-corrected chi connectivity index (χ1v) is 11.9. The number of hydrogen-bond acceptors (Lipinski definition) is 7. The molecular formula is C26H36N4O5. The summed E-state index contributed by atoms with van der Waals surface area (Å²) >= 11 is 0. The summed E-state index contributed by atoms with van der Waals surface area (Å²) in [7, 11) is 0. The van der Waals surface area contributed by atoms with Gasteiger partial charge in [-0.3, -0.25) is 15.0 Å². The maximum atomic E-state index is 13.1. The number of ether oxygens (including phenoxy) is 3. The number of para-hydroxylation sites is 1. The Bertz CT molecular complexity index is 1000. The van der Waals surface area contributed by atoms with Crippen LogP contribution < -0.4 is 15.4 Å². The van der Waals surface area contributed by atoms with Gasteiger partial charge in [-0.1, -0.05) is 32.0 Å². The van der Waals surface area contributed by atoms with E-state index >= 15 is 0 Å². The molecule has 190 valence electrons. The van der Waals surface area contributed by atoms with E-state index in [1.54, 1.807) is 6.20 Å². The van der Waals surface area contributed by atoms with Crippen molar-refractivity contribution in [2.75, 3.05) is 19.7 Å². The number of rotatable bonds is 10. The van der Waals surface area contributed by atoms with Crippen LogP contribution >= 0.6 is 0 Å². The van der Waals surface area contributed by atoms with Crippen molar-refractivity contribution in [1.82, 2.24) is 15.5 Å². The Morgan fingerprint density at radius 3 is 2.74 bits per heavy atom. The van der Waals surface area contributed by atoms with Crippen molar-refractivity contribution < 1.29 is 23.8 Å². The predicted molar refractivity (Wildman–Crippen MR) is 133 cm³/mol. The van der Waals surface area contributed by atoms with Crippen molar-refractivity contribution >= 4 is 17.6 Å². The number of amides is 2. The van der Waals surface area contributed by atoms with Crippen LogP contribution in [0, 0.1) is 18.3 Å². The molecule has 1 aromatic carbocycles. The van der Waals surface area contributed by atoms with Gasteiger partial charge in [0.2, 0.25) is 5.91 Å². The molecule has 3 rings (SSSR count). The Kier molecular flexibility index (Phi) is 8.69.